The van der Waals surface area contributed by atoms with Gasteiger partial charge in [-0.2, -0.15) is 0 Å². The lowest BCUT2D eigenvalue weighted by molar-refractivity contribution is -1.02. The van der Waals surface area contributed by atoms with Crippen molar-refractivity contribution in [2.75, 3.05) is 39.8 Å². The van der Waals surface area contributed by atoms with Gasteiger partial charge in [-0.3, -0.25) is 4.79 Å². The van der Waals surface area contributed by atoms with Crippen LogP contribution < -0.4 is 14.5 Å². The lowest BCUT2D eigenvalue weighted by Crippen LogP contribution is -3.27. The fraction of sp³-hybridized carbons (Fsp3) is 0.333. The average Bonchev–Trinajstić information content (AvgIpc) is 3.11. The number of phenolic OH excluding ortho intramolecular Hbond substituents is 1. The van der Waals surface area contributed by atoms with Crippen molar-refractivity contribution in [3.05, 3.63) is 64.4 Å². The van der Waals surface area contributed by atoms with Gasteiger partial charge in [0.2, 0.25) is 5.78 Å². The zero-order valence-corrected chi connectivity index (χ0v) is 17.9. The standard InChI is InChI=1S/C24H26N2O5/c1-3-25-10-12-26(13-11-25)15-19-20(27)9-8-18-22(28)21(31-23(18)19)14-16-4-6-17(7-5-16)24(29)30-2/h4-9,14,27H,3,10-13,15H2,1-2H3/p+2/b21-14-. The average molecular weight is 424 g/mol. The van der Waals surface area contributed by atoms with Gasteiger partial charge in [0.25, 0.3) is 0 Å². The molecular weight excluding hydrogens is 396 g/mol. The molecule has 2 aromatic carbocycles. The number of fused-ring (bicyclic) bond motifs is 1. The van der Waals surface area contributed by atoms with E-state index < -0.39 is 5.97 Å². The first-order valence-corrected chi connectivity index (χ1v) is 10.6. The third-order valence-electron chi connectivity index (χ3n) is 6.14. The normalized spacial score (nSPS) is 21.6. The van der Waals surface area contributed by atoms with E-state index in [0.717, 1.165) is 38.3 Å². The Hall–Kier alpha value is -3.16. The highest BCUT2D eigenvalue weighted by atomic mass is 16.5. The van der Waals surface area contributed by atoms with Crippen molar-refractivity contribution in [3.63, 3.8) is 0 Å². The maximum atomic E-state index is 12.9. The zero-order chi connectivity index (χ0) is 22.0. The van der Waals surface area contributed by atoms with Crippen molar-refractivity contribution in [2.45, 2.75) is 13.5 Å². The first-order valence-electron chi connectivity index (χ1n) is 10.6. The predicted octanol–water partition coefficient (Wildman–Crippen LogP) is 0.0983. The molecule has 0 bridgehead atoms. The summed E-state index contributed by atoms with van der Waals surface area (Å²) in [5, 5.41) is 10.5. The Labute approximate surface area is 181 Å². The highest BCUT2D eigenvalue weighted by molar-refractivity contribution is 6.15. The van der Waals surface area contributed by atoms with E-state index in [4.69, 9.17) is 9.47 Å². The van der Waals surface area contributed by atoms with Crippen molar-refractivity contribution in [3.8, 4) is 11.5 Å². The minimum Gasteiger partial charge on any atom is -0.507 e. The molecule has 0 spiro atoms. The first-order chi connectivity index (χ1) is 15.0. The molecule has 2 aromatic rings. The summed E-state index contributed by atoms with van der Waals surface area (Å²) in [7, 11) is 1.33. The SMILES string of the molecule is CC[NH+]1CC[NH+](Cc2c(O)ccc3c2O/C(=C\c2ccc(C(=O)OC)cc2)C3=O)CC1. The molecule has 162 valence electrons. The Morgan fingerprint density at radius 2 is 1.77 bits per heavy atom. The summed E-state index contributed by atoms with van der Waals surface area (Å²) in [6, 6.07) is 9.95. The van der Waals surface area contributed by atoms with Crippen LogP contribution in [0.25, 0.3) is 6.08 Å². The van der Waals surface area contributed by atoms with E-state index in [9.17, 15) is 14.7 Å². The van der Waals surface area contributed by atoms with E-state index >= 15 is 0 Å². The number of hydrogen-bond donors (Lipinski definition) is 3. The van der Waals surface area contributed by atoms with Crippen LogP contribution in [0.4, 0.5) is 0 Å². The smallest absolute Gasteiger partial charge is 0.337 e. The molecule has 1 saturated heterocycles. The number of ketones is 1. The number of carbonyl (C=O) groups excluding carboxylic acids is 2. The number of rotatable bonds is 5. The number of benzene rings is 2. The van der Waals surface area contributed by atoms with Crippen LogP contribution in [0.15, 0.2) is 42.2 Å². The van der Waals surface area contributed by atoms with Crippen molar-refractivity contribution in [1.29, 1.82) is 0 Å². The Bertz CT molecular complexity index is 1020. The first kappa shape index (κ1) is 21.1. The molecule has 4 rings (SSSR count). The molecule has 0 unspecified atom stereocenters. The summed E-state index contributed by atoms with van der Waals surface area (Å²) < 4.78 is 10.7. The third kappa shape index (κ3) is 4.33. The Morgan fingerprint density at radius 1 is 1.10 bits per heavy atom. The number of nitrogens with one attached hydrogen (secondary N) is 2. The van der Waals surface area contributed by atoms with Gasteiger partial charge in [0.1, 0.15) is 38.5 Å². The summed E-state index contributed by atoms with van der Waals surface area (Å²) in [6.07, 6.45) is 1.65. The van der Waals surface area contributed by atoms with Crippen LogP contribution in [-0.4, -0.2) is 56.7 Å². The van der Waals surface area contributed by atoms with Gasteiger partial charge in [-0.15, -0.1) is 0 Å². The van der Waals surface area contributed by atoms with Gasteiger partial charge in [0.05, 0.1) is 30.3 Å². The molecule has 2 aliphatic heterocycles. The number of allylic oxidation sites excluding steroid dienone is 1. The molecule has 1 fully saturated rings. The summed E-state index contributed by atoms with van der Waals surface area (Å²) in [4.78, 5) is 27.5. The number of carbonyl (C=O) groups is 2. The number of methoxy groups -OCH3 is 1. The molecule has 3 N–H and O–H groups in total. The lowest BCUT2D eigenvalue weighted by atomic mass is 10.0. The lowest BCUT2D eigenvalue weighted by Gasteiger charge is -2.29. The number of piperazine rings is 1. The molecule has 2 heterocycles. The monoisotopic (exact) mass is 424 g/mol. The van der Waals surface area contributed by atoms with E-state index in [0.29, 0.717) is 29.0 Å². The van der Waals surface area contributed by atoms with Crippen LogP contribution in [-0.2, 0) is 11.3 Å². The number of likely N-dealkylation sites (N-methyl/N-ethyl adjacent to an activating group) is 1. The second kappa shape index (κ2) is 8.91. The molecule has 0 aliphatic carbocycles. The molecule has 2 aliphatic rings. The van der Waals surface area contributed by atoms with Crippen LogP contribution in [0, 0.1) is 0 Å². The maximum Gasteiger partial charge on any atom is 0.337 e. The number of hydrogen-bond acceptors (Lipinski definition) is 5. The van der Waals surface area contributed by atoms with Gasteiger partial charge in [-0.1, -0.05) is 12.1 Å². The van der Waals surface area contributed by atoms with Crippen molar-refractivity contribution in [2.24, 2.45) is 0 Å². The number of aromatic hydroxyl groups is 1. The topological polar surface area (TPSA) is 81.7 Å². The summed E-state index contributed by atoms with van der Waals surface area (Å²) in [5.41, 5.74) is 2.33. The van der Waals surface area contributed by atoms with Gasteiger partial charge in [-0.25, -0.2) is 4.79 Å². The highest BCUT2D eigenvalue weighted by Crippen LogP contribution is 2.39. The number of phenols is 1. The van der Waals surface area contributed by atoms with Gasteiger partial charge >= 0.3 is 5.97 Å². The van der Waals surface area contributed by atoms with E-state index in [1.807, 2.05) is 0 Å². The molecular formula is C24H28N2O5+2. The van der Waals surface area contributed by atoms with Crippen molar-refractivity contribution >= 4 is 17.8 Å². The minimum atomic E-state index is -0.413. The van der Waals surface area contributed by atoms with Gasteiger partial charge in [0, 0.05) is 0 Å². The molecule has 0 amide bonds. The summed E-state index contributed by atoms with van der Waals surface area (Å²) >= 11 is 0. The fourth-order valence-electron chi connectivity index (χ4n) is 4.19. The Balaban J connectivity index is 1.55. The quantitative estimate of drug-likeness (QED) is 0.469. The van der Waals surface area contributed by atoms with Gasteiger partial charge in [0.15, 0.2) is 11.5 Å². The second-order valence-electron chi connectivity index (χ2n) is 8.02. The van der Waals surface area contributed by atoms with Gasteiger partial charge in [-0.05, 0) is 42.8 Å². The van der Waals surface area contributed by atoms with Crippen molar-refractivity contribution < 1.29 is 34.0 Å². The largest absolute Gasteiger partial charge is 0.507 e. The van der Waals surface area contributed by atoms with E-state index in [1.54, 1.807) is 47.4 Å². The van der Waals surface area contributed by atoms with E-state index in [2.05, 4.69) is 6.92 Å². The van der Waals surface area contributed by atoms with Crippen LogP contribution in [0.5, 0.6) is 11.5 Å². The van der Waals surface area contributed by atoms with Gasteiger partial charge < -0.3 is 24.4 Å². The molecule has 31 heavy (non-hydrogen) atoms. The summed E-state index contributed by atoms with van der Waals surface area (Å²) in [6.45, 7) is 8.21. The fourth-order valence-corrected chi connectivity index (χ4v) is 4.19. The predicted molar refractivity (Wildman–Crippen MR) is 114 cm³/mol. The number of ether oxygens (including phenoxy) is 2. The summed E-state index contributed by atoms with van der Waals surface area (Å²) in [5.74, 6) is 0.212. The molecule has 0 saturated carbocycles. The van der Waals surface area contributed by atoms with Crippen LogP contribution in [0.1, 0.15) is 38.8 Å². The maximum absolute atomic E-state index is 12.9. The second-order valence-corrected chi connectivity index (χ2v) is 8.02. The third-order valence-corrected chi connectivity index (χ3v) is 6.14. The Morgan fingerprint density at radius 3 is 2.42 bits per heavy atom. The van der Waals surface area contributed by atoms with Crippen LogP contribution >= 0.6 is 0 Å². The number of Topliss-reactive ketones (excluding diaryl/α,β-unsaturated/α-hetero) is 1. The van der Waals surface area contributed by atoms with Crippen molar-refractivity contribution in [1.82, 2.24) is 0 Å². The number of esters is 1. The highest BCUT2D eigenvalue weighted by Gasteiger charge is 2.33. The molecule has 7 nitrogen and oxygen atoms in total. The molecule has 0 radical (unpaired) electrons. The van der Waals surface area contributed by atoms with Crippen LogP contribution in [0.2, 0.25) is 0 Å². The zero-order valence-electron chi connectivity index (χ0n) is 17.9. The molecule has 0 aromatic heterocycles. The molecule has 0 atom stereocenters. The van der Waals surface area contributed by atoms with E-state index in [-0.39, 0.29) is 17.3 Å². The molecule has 7 heteroatoms. The van der Waals surface area contributed by atoms with E-state index in [1.165, 1.54) is 12.0 Å². The Kier molecular flexibility index (Phi) is 6.06. The van der Waals surface area contributed by atoms with Crippen LogP contribution in [0.3, 0.4) is 0 Å². The minimum absolute atomic E-state index is 0.160. The number of quaternary nitrogens is 2.